The third kappa shape index (κ3) is 4.74. The van der Waals surface area contributed by atoms with E-state index in [4.69, 9.17) is 4.84 Å². The lowest BCUT2D eigenvalue weighted by atomic mass is 9.96. The van der Waals surface area contributed by atoms with Gasteiger partial charge in [-0.2, -0.15) is 13.2 Å². The Morgan fingerprint density at radius 3 is 2.52 bits per heavy atom. The van der Waals surface area contributed by atoms with Crippen molar-refractivity contribution in [3.8, 4) is 33.0 Å². The highest BCUT2D eigenvalue weighted by Crippen LogP contribution is 2.36. The van der Waals surface area contributed by atoms with Gasteiger partial charge in [0.05, 0.1) is 29.6 Å². The molecule has 2 N–H and O–H groups in total. The molecule has 0 amide bonds. The van der Waals surface area contributed by atoms with Gasteiger partial charge in [-0.3, -0.25) is 10.3 Å². The van der Waals surface area contributed by atoms with Crippen LogP contribution in [0, 0.1) is 0 Å². The van der Waals surface area contributed by atoms with Gasteiger partial charge in [0, 0.05) is 22.1 Å². The molecule has 0 fully saturated rings. The summed E-state index contributed by atoms with van der Waals surface area (Å²) in [5.41, 5.74) is 5.06. The predicted octanol–water partition coefficient (Wildman–Crippen LogP) is 6.83. The van der Waals surface area contributed by atoms with Gasteiger partial charge < -0.3 is 5.11 Å². The number of benzene rings is 3. The fraction of sp³-hybridized carbons (Fsp3) is 0.0833. The summed E-state index contributed by atoms with van der Waals surface area (Å²) in [6.07, 6.45) is -4.45. The number of rotatable bonds is 6. The summed E-state index contributed by atoms with van der Waals surface area (Å²) >= 11 is 1.23. The molecule has 1 aromatic heterocycles. The van der Waals surface area contributed by atoms with Gasteiger partial charge in [0.25, 0.3) is 0 Å². The Bertz CT molecular complexity index is 1320. The number of hydrogen-bond acceptors (Lipinski definition) is 5. The Hall–Kier alpha value is -3.69. The van der Waals surface area contributed by atoms with Crippen LogP contribution in [0.2, 0.25) is 0 Å². The van der Waals surface area contributed by atoms with Crippen LogP contribution in [0.15, 0.2) is 72.1 Å². The van der Waals surface area contributed by atoms with Crippen LogP contribution in [0.5, 0.6) is 0 Å². The number of nitrogens with zero attached hydrogens (tertiary/aromatic N) is 1. The van der Waals surface area contributed by atoms with E-state index in [2.05, 4.69) is 10.5 Å². The number of halogens is 3. The highest BCUT2D eigenvalue weighted by Gasteiger charge is 2.30. The lowest BCUT2D eigenvalue weighted by Crippen LogP contribution is -2.04. The zero-order chi connectivity index (χ0) is 23.6. The minimum atomic E-state index is -4.45. The van der Waals surface area contributed by atoms with Gasteiger partial charge in [0.1, 0.15) is 5.01 Å². The molecule has 0 aliphatic rings. The number of carbonyl (C=O) groups is 1. The molecule has 9 heteroatoms. The van der Waals surface area contributed by atoms with E-state index in [0.717, 1.165) is 12.1 Å². The van der Waals surface area contributed by atoms with E-state index in [-0.39, 0.29) is 5.56 Å². The third-order valence-electron chi connectivity index (χ3n) is 4.92. The van der Waals surface area contributed by atoms with Crippen molar-refractivity contribution in [2.45, 2.75) is 6.18 Å². The Kier molecular flexibility index (Phi) is 6.17. The summed E-state index contributed by atoms with van der Waals surface area (Å²) in [5, 5.41) is 12.0. The monoisotopic (exact) mass is 470 g/mol. The Balaban J connectivity index is 1.73. The lowest BCUT2D eigenvalue weighted by molar-refractivity contribution is -0.137. The van der Waals surface area contributed by atoms with E-state index >= 15 is 0 Å². The molecule has 0 aliphatic carbocycles. The van der Waals surface area contributed by atoms with Crippen LogP contribution in [0.3, 0.4) is 0 Å². The minimum absolute atomic E-state index is 0.0636. The molecule has 0 aliphatic heterocycles. The fourth-order valence-corrected chi connectivity index (χ4v) is 4.23. The molecule has 168 valence electrons. The SMILES string of the molecule is CONc1ccccc1-c1ccc(-c2nc(-c3cccc(C(F)(F)F)c3)cs2)cc1C(=O)O. The van der Waals surface area contributed by atoms with E-state index in [0.29, 0.717) is 38.6 Å². The molecule has 0 spiro atoms. The van der Waals surface area contributed by atoms with E-state index in [1.165, 1.54) is 30.6 Å². The van der Waals surface area contributed by atoms with Gasteiger partial charge in [-0.15, -0.1) is 11.3 Å². The molecule has 4 rings (SSSR count). The Morgan fingerprint density at radius 1 is 1.00 bits per heavy atom. The highest BCUT2D eigenvalue weighted by molar-refractivity contribution is 7.13. The third-order valence-corrected chi connectivity index (χ3v) is 5.81. The molecule has 0 atom stereocenters. The second-order valence-electron chi connectivity index (χ2n) is 7.03. The molecule has 33 heavy (non-hydrogen) atoms. The van der Waals surface area contributed by atoms with Gasteiger partial charge in [-0.25, -0.2) is 9.78 Å². The zero-order valence-corrected chi connectivity index (χ0v) is 18.0. The second-order valence-corrected chi connectivity index (χ2v) is 7.89. The number of carboxylic acid groups (broad SMARTS) is 1. The maximum atomic E-state index is 13.0. The quantitative estimate of drug-likeness (QED) is 0.302. The predicted molar refractivity (Wildman–Crippen MR) is 121 cm³/mol. The number of hydrogen-bond donors (Lipinski definition) is 2. The fourth-order valence-electron chi connectivity index (χ4n) is 3.40. The van der Waals surface area contributed by atoms with Crippen LogP contribution in [-0.4, -0.2) is 23.2 Å². The van der Waals surface area contributed by atoms with E-state index in [1.807, 2.05) is 0 Å². The van der Waals surface area contributed by atoms with Crippen LogP contribution in [-0.2, 0) is 11.0 Å². The molecule has 0 saturated carbocycles. The molecule has 3 aromatic carbocycles. The van der Waals surface area contributed by atoms with Crippen molar-refractivity contribution in [3.63, 3.8) is 0 Å². The molecule has 0 radical (unpaired) electrons. The largest absolute Gasteiger partial charge is 0.478 e. The lowest BCUT2D eigenvalue weighted by Gasteiger charge is -2.13. The number of nitrogens with one attached hydrogen (secondary N) is 1. The first kappa shape index (κ1) is 22.5. The minimum Gasteiger partial charge on any atom is -0.478 e. The van der Waals surface area contributed by atoms with Gasteiger partial charge >= 0.3 is 12.1 Å². The molecule has 0 bridgehead atoms. The first-order valence-corrected chi connectivity index (χ1v) is 10.5. The van der Waals surface area contributed by atoms with Crippen LogP contribution in [0.1, 0.15) is 15.9 Å². The average Bonchev–Trinajstić information content (AvgIpc) is 3.29. The normalized spacial score (nSPS) is 11.4. The Labute approximate surface area is 191 Å². The summed E-state index contributed by atoms with van der Waals surface area (Å²) in [5.74, 6) is -1.12. The molecule has 0 saturated heterocycles. The molecule has 0 unspecified atom stereocenters. The highest BCUT2D eigenvalue weighted by atomic mass is 32.1. The average molecular weight is 470 g/mol. The maximum Gasteiger partial charge on any atom is 0.416 e. The molecule has 1 heterocycles. The second kappa shape index (κ2) is 9.05. The van der Waals surface area contributed by atoms with Crippen molar-refractivity contribution in [1.82, 2.24) is 4.98 Å². The molecule has 4 aromatic rings. The van der Waals surface area contributed by atoms with Crippen LogP contribution in [0.25, 0.3) is 33.0 Å². The van der Waals surface area contributed by atoms with Crippen molar-refractivity contribution in [2.75, 3.05) is 12.6 Å². The smallest absolute Gasteiger partial charge is 0.416 e. The van der Waals surface area contributed by atoms with E-state index in [1.54, 1.807) is 47.8 Å². The first-order valence-electron chi connectivity index (χ1n) is 9.67. The van der Waals surface area contributed by atoms with Crippen molar-refractivity contribution in [3.05, 3.63) is 83.2 Å². The molecular weight excluding hydrogens is 453 g/mol. The van der Waals surface area contributed by atoms with Crippen LogP contribution in [0.4, 0.5) is 18.9 Å². The van der Waals surface area contributed by atoms with Gasteiger partial charge in [0.2, 0.25) is 0 Å². The molecular formula is C24H17F3N2O3S. The van der Waals surface area contributed by atoms with Crippen LogP contribution < -0.4 is 5.48 Å². The Morgan fingerprint density at radius 2 is 1.79 bits per heavy atom. The van der Waals surface area contributed by atoms with E-state index < -0.39 is 17.7 Å². The molecule has 5 nitrogen and oxygen atoms in total. The topological polar surface area (TPSA) is 71.5 Å². The van der Waals surface area contributed by atoms with Crippen molar-refractivity contribution in [1.29, 1.82) is 0 Å². The first-order chi connectivity index (χ1) is 15.8. The number of para-hydroxylation sites is 1. The summed E-state index contributed by atoms with van der Waals surface area (Å²) in [6, 6.07) is 17.0. The summed E-state index contributed by atoms with van der Waals surface area (Å²) in [4.78, 5) is 21.5. The number of thiazole rings is 1. The van der Waals surface area contributed by atoms with Gasteiger partial charge in [-0.1, -0.05) is 42.5 Å². The number of anilines is 1. The summed E-state index contributed by atoms with van der Waals surface area (Å²) < 4.78 is 39.1. The van der Waals surface area contributed by atoms with E-state index in [9.17, 15) is 23.1 Å². The van der Waals surface area contributed by atoms with Crippen LogP contribution >= 0.6 is 11.3 Å². The maximum absolute atomic E-state index is 13.0. The number of aromatic nitrogens is 1. The van der Waals surface area contributed by atoms with Gasteiger partial charge in [0.15, 0.2) is 0 Å². The zero-order valence-electron chi connectivity index (χ0n) is 17.2. The number of aromatic carboxylic acids is 1. The van der Waals surface area contributed by atoms with Crippen molar-refractivity contribution in [2.24, 2.45) is 0 Å². The van der Waals surface area contributed by atoms with Crippen molar-refractivity contribution < 1.29 is 27.9 Å². The van der Waals surface area contributed by atoms with Crippen molar-refractivity contribution >= 4 is 23.0 Å². The standard InChI is InChI=1S/C24H17F3N2O3S/c1-32-29-20-8-3-2-7-18(20)17-10-9-15(12-19(17)23(30)31)22-28-21(13-33-22)14-5-4-6-16(11-14)24(25,26)27/h2-13,29H,1H3,(H,30,31). The summed E-state index contributed by atoms with van der Waals surface area (Å²) in [7, 11) is 1.46. The number of alkyl halides is 3. The summed E-state index contributed by atoms with van der Waals surface area (Å²) in [6.45, 7) is 0. The number of carboxylic acids is 1. The van der Waals surface area contributed by atoms with Gasteiger partial charge in [-0.05, 0) is 29.8 Å².